The van der Waals surface area contributed by atoms with Crippen LogP contribution in [-0.4, -0.2) is 38.0 Å². The fraction of sp³-hybridized carbons (Fsp3) is 0.316. The number of rotatable bonds is 8. The van der Waals surface area contributed by atoms with Gasteiger partial charge in [0.1, 0.15) is 6.61 Å². The normalized spacial score (nSPS) is 11.5. The molecule has 0 aromatic heterocycles. The van der Waals surface area contributed by atoms with E-state index in [1.807, 2.05) is 30.5 Å². The molecule has 0 bridgehead atoms. The Hall–Kier alpha value is -1.83. The van der Waals surface area contributed by atoms with Crippen LogP contribution in [0.3, 0.4) is 0 Å². The molecule has 0 aliphatic carbocycles. The smallest absolute Gasteiger partial charge is 0.338 e. The average molecular weight is 394 g/mol. The molecular formula is C19H23NO4S2. The number of carbonyl (C=O) groups excluding carboxylic acids is 1. The summed E-state index contributed by atoms with van der Waals surface area (Å²) >= 11 is 1.65. The van der Waals surface area contributed by atoms with E-state index in [-0.39, 0.29) is 11.5 Å². The minimum Gasteiger partial charge on any atom is -0.457 e. The summed E-state index contributed by atoms with van der Waals surface area (Å²) in [4.78, 5) is 13.5. The largest absolute Gasteiger partial charge is 0.457 e. The first-order valence-electron chi connectivity index (χ1n) is 8.32. The molecule has 0 saturated carbocycles. The van der Waals surface area contributed by atoms with Gasteiger partial charge in [0, 0.05) is 18.0 Å². The molecule has 7 heteroatoms. The van der Waals surface area contributed by atoms with Gasteiger partial charge >= 0.3 is 5.97 Å². The highest BCUT2D eigenvalue weighted by atomic mass is 32.2. The van der Waals surface area contributed by atoms with Crippen LogP contribution < -0.4 is 0 Å². The van der Waals surface area contributed by atoms with Crippen molar-refractivity contribution < 1.29 is 17.9 Å². The highest BCUT2D eigenvalue weighted by molar-refractivity contribution is 7.98. The Morgan fingerprint density at radius 1 is 1.00 bits per heavy atom. The number of benzene rings is 2. The van der Waals surface area contributed by atoms with Gasteiger partial charge in [0.2, 0.25) is 10.0 Å². The zero-order valence-corrected chi connectivity index (χ0v) is 16.8. The lowest BCUT2D eigenvalue weighted by Gasteiger charge is -2.18. The molecule has 0 aliphatic rings. The Morgan fingerprint density at radius 2 is 1.58 bits per heavy atom. The van der Waals surface area contributed by atoms with Gasteiger partial charge in [-0.1, -0.05) is 26.0 Å². The maximum absolute atomic E-state index is 12.4. The minimum absolute atomic E-state index is 0.172. The van der Waals surface area contributed by atoms with Crippen LogP contribution >= 0.6 is 11.8 Å². The molecule has 0 amide bonds. The zero-order chi connectivity index (χ0) is 19.2. The number of sulfonamides is 1. The minimum atomic E-state index is -3.53. The van der Waals surface area contributed by atoms with Crippen LogP contribution in [0, 0.1) is 0 Å². The summed E-state index contributed by atoms with van der Waals surface area (Å²) < 4.78 is 31.6. The number of ether oxygens (including phenoxy) is 1. The molecule has 0 N–H and O–H groups in total. The third-order valence-corrected chi connectivity index (χ3v) is 6.77. The molecule has 0 heterocycles. The Morgan fingerprint density at radius 3 is 2.08 bits per heavy atom. The summed E-state index contributed by atoms with van der Waals surface area (Å²) in [5.41, 5.74) is 1.22. The Labute approximate surface area is 159 Å². The van der Waals surface area contributed by atoms with E-state index in [9.17, 15) is 13.2 Å². The Bertz CT molecular complexity index is 827. The summed E-state index contributed by atoms with van der Waals surface area (Å²) in [5.74, 6) is -0.481. The van der Waals surface area contributed by atoms with Crippen LogP contribution in [0.5, 0.6) is 0 Å². The molecule has 0 unspecified atom stereocenters. The lowest BCUT2D eigenvalue weighted by Crippen LogP contribution is -2.30. The second-order valence-corrected chi connectivity index (χ2v) is 8.36. The van der Waals surface area contributed by atoms with Crippen molar-refractivity contribution in [2.24, 2.45) is 0 Å². The molecule has 0 atom stereocenters. The van der Waals surface area contributed by atoms with Gasteiger partial charge in [-0.25, -0.2) is 13.2 Å². The van der Waals surface area contributed by atoms with E-state index < -0.39 is 16.0 Å². The van der Waals surface area contributed by atoms with Crippen molar-refractivity contribution in [2.75, 3.05) is 19.3 Å². The number of carbonyl (C=O) groups is 1. The van der Waals surface area contributed by atoms with Crippen LogP contribution in [0.2, 0.25) is 0 Å². The van der Waals surface area contributed by atoms with Gasteiger partial charge in [0.05, 0.1) is 10.5 Å². The fourth-order valence-corrected chi connectivity index (χ4v) is 4.30. The highest BCUT2D eigenvalue weighted by Gasteiger charge is 2.21. The molecule has 2 aromatic rings. The first kappa shape index (κ1) is 20.5. The number of nitrogens with zero attached hydrogens (tertiary/aromatic N) is 1. The molecule has 0 aliphatic heterocycles. The molecule has 0 fully saturated rings. The molecule has 5 nitrogen and oxygen atoms in total. The molecule has 2 rings (SSSR count). The monoisotopic (exact) mass is 393 g/mol. The van der Waals surface area contributed by atoms with E-state index in [0.717, 1.165) is 10.5 Å². The number of hydrogen-bond acceptors (Lipinski definition) is 5. The zero-order valence-electron chi connectivity index (χ0n) is 15.1. The Kier molecular flexibility index (Phi) is 7.25. The van der Waals surface area contributed by atoms with E-state index >= 15 is 0 Å². The van der Waals surface area contributed by atoms with Gasteiger partial charge in [-0.2, -0.15) is 4.31 Å². The van der Waals surface area contributed by atoms with E-state index in [1.54, 1.807) is 25.6 Å². The molecular weight excluding hydrogens is 370 g/mol. The summed E-state index contributed by atoms with van der Waals surface area (Å²) in [7, 11) is -3.53. The van der Waals surface area contributed by atoms with Crippen molar-refractivity contribution in [1.82, 2.24) is 4.31 Å². The van der Waals surface area contributed by atoms with Crippen molar-refractivity contribution in [3.63, 3.8) is 0 Å². The van der Waals surface area contributed by atoms with Gasteiger partial charge in [-0.3, -0.25) is 0 Å². The Balaban J connectivity index is 2.04. The van der Waals surface area contributed by atoms with Gasteiger partial charge in [0.25, 0.3) is 0 Å². The lowest BCUT2D eigenvalue weighted by atomic mass is 10.2. The van der Waals surface area contributed by atoms with Gasteiger partial charge in [0.15, 0.2) is 0 Å². The van der Waals surface area contributed by atoms with Crippen LogP contribution in [-0.2, 0) is 21.4 Å². The van der Waals surface area contributed by atoms with E-state index in [0.29, 0.717) is 18.7 Å². The van der Waals surface area contributed by atoms with E-state index in [1.165, 1.54) is 28.6 Å². The standard InChI is InChI=1S/C19H23NO4S2/c1-4-20(5-2)26(22,23)18-12-8-16(9-13-18)19(21)24-14-15-6-10-17(25-3)11-7-15/h6-13H,4-5,14H2,1-3H3. The molecule has 0 saturated heterocycles. The molecule has 0 radical (unpaired) electrons. The van der Waals surface area contributed by atoms with Crippen molar-refractivity contribution in [3.05, 3.63) is 59.7 Å². The van der Waals surface area contributed by atoms with Crippen molar-refractivity contribution in [1.29, 1.82) is 0 Å². The second kappa shape index (κ2) is 9.21. The first-order chi connectivity index (χ1) is 12.4. The van der Waals surface area contributed by atoms with Gasteiger partial charge in [-0.05, 0) is 48.2 Å². The van der Waals surface area contributed by atoms with Crippen molar-refractivity contribution >= 4 is 27.8 Å². The third-order valence-electron chi connectivity index (χ3n) is 3.96. The van der Waals surface area contributed by atoms with Crippen LogP contribution in [0.15, 0.2) is 58.3 Å². The van der Waals surface area contributed by atoms with Crippen LogP contribution in [0.1, 0.15) is 29.8 Å². The molecule has 140 valence electrons. The summed E-state index contributed by atoms with van der Waals surface area (Å²) in [6.07, 6.45) is 2.00. The number of thioether (sulfide) groups is 1. The van der Waals surface area contributed by atoms with E-state index in [4.69, 9.17) is 4.74 Å². The first-order valence-corrected chi connectivity index (χ1v) is 11.0. The predicted octanol–water partition coefficient (Wildman–Crippen LogP) is 3.80. The lowest BCUT2D eigenvalue weighted by molar-refractivity contribution is 0.0472. The average Bonchev–Trinajstić information content (AvgIpc) is 2.67. The SMILES string of the molecule is CCN(CC)S(=O)(=O)c1ccc(C(=O)OCc2ccc(SC)cc2)cc1. The summed E-state index contributed by atoms with van der Waals surface area (Å²) in [6.45, 7) is 4.56. The van der Waals surface area contributed by atoms with Crippen LogP contribution in [0.25, 0.3) is 0 Å². The number of esters is 1. The predicted molar refractivity (Wildman–Crippen MR) is 104 cm³/mol. The summed E-state index contributed by atoms with van der Waals surface area (Å²) in [5, 5.41) is 0. The highest BCUT2D eigenvalue weighted by Crippen LogP contribution is 2.18. The fourth-order valence-electron chi connectivity index (χ4n) is 2.43. The van der Waals surface area contributed by atoms with Crippen molar-refractivity contribution in [2.45, 2.75) is 30.2 Å². The summed E-state index contributed by atoms with van der Waals surface area (Å²) in [6, 6.07) is 13.6. The van der Waals surface area contributed by atoms with Crippen LogP contribution in [0.4, 0.5) is 0 Å². The maximum atomic E-state index is 12.4. The van der Waals surface area contributed by atoms with E-state index in [2.05, 4.69) is 0 Å². The maximum Gasteiger partial charge on any atom is 0.338 e. The molecule has 26 heavy (non-hydrogen) atoms. The van der Waals surface area contributed by atoms with Gasteiger partial charge in [-0.15, -0.1) is 11.8 Å². The topological polar surface area (TPSA) is 63.7 Å². The number of hydrogen-bond donors (Lipinski definition) is 0. The molecule has 0 spiro atoms. The van der Waals surface area contributed by atoms with Gasteiger partial charge < -0.3 is 4.74 Å². The second-order valence-electron chi connectivity index (χ2n) is 5.54. The third kappa shape index (κ3) is 4.87. The molecule has 2 aromatic carbocycles. The van der Waals surface area contributed by atoms with Crippen molar-refractivity contribution in [3.8, 4) is 0 Å². The quantitative estimate of drug-likeness (QED) is 0.504.